The molecule has 0 bridgehead atoms. The van der Waals surface area contributed by atoms with Crippen LogP contribution in [0.1, 0.15) is 47.7 Å². The van der Waals surface area contributed by atoms with E-state index in [1.54, 1.807) is 6.92 Å². The van der Waals surface area contributed by atoms with Crippen LogP contribution in [0.2, 0.25) is 0 Å². The predicted molar refractivity (Wildman–Crippen MR) is 98.5 cm³/mol. The van der Waals surface area contributed by atoms with E-state index in [9.17, 15) is 4.79 Å². The molecule has 2 rings (SSSR count). The van der Waals surface area contributed by atoms with Crippen molar-refractivity contribution >= 4 is 5.91 Å². The van der Waals surface area contributed by atoms with Gasteiger partial charge < -0.3 is 10.1 Å². The molecule has 0 heterocycles. The number of hydrogen-bond acceptors (Lipinski definition) is 2. The minimum absolute atomic E-state index is 0.0514. The second kappa shape index (κ2) is 7.52. The summed E-state index contributed by atoms with van der Waals surface area (Å²) in [4.78, 5) is 12.4. The SMILES string of the molecule is Cc1ccc([C@@H](C)NC(=O)[C@@H](C)Oc2cc(C)cc(C)c2C)cc1. The summed E-state index contributed by atoms with van der Waals surface area (Å²) >= 11 is 0. The third-order valence-electron chi connectivity index (χ3n) is 4.37. The minimum Gasteiger partial charge on any atom is -0.481 e. The van der Waals surface area contributed by atoms with Crippen molar-refractivity contribution in [1.82, 2.24) is 5.32 Å². The molecule has 3 heteroatoms. The second-order valence-electron chi connectivity index (χ2n) is 6.61. The second-order valence-corrected chi connectivity index (χ2v) is 6.61. The van der Waals surface area contributed by atoms with E-state index in [0.29, 0.717) is 0 Å². The fourth-order valence-electron chi connectivity index (χ4n) is 2.64. The summed E-state index contributed by atoms with van der Waals surface area (Å²) in [7, 11) is 0. The van der Waals surface area contributed by atoms with Crippen LogP contribution in [0.4, 0.5) is 0 Å². The summed E-state index contributed by atoms with van der Waals surface area (Å²) in [5, 5.41) is 3.02. The zero-order valence-corrected chi connectivity index (χ0v) is 15.4. The highest BCUT2D eigenvalue weighted by molar-refractivity contribution is 5.81. The van der Waals surface area contributed by atoms with Crippen LogP contribution < -0.4 is 10.1 Å². The van der Waals surface area contributed by atoms with Crippen LogP contribution in [0, 0.1) is 27.7 Å². The Kier molecular flexibility index (Phi) is 5.66. The van der Waals surface area contributed by atoms with E-state index in [2.05, 4.69) is 37.4 Å². The monoisotopic (exact) mass is 325 g/mol. The van der Waals surface area contributed by atoms with Gasteiger partial charge in [-0.2, -0.15) is 0 Å². The number of ether oxygens (including phenoxy) is 1. The van der Waals surface area contributed by atoms with E-state index in [1.807, 2.05) is 39.0 Å². The average Bonchev–Trinajstić information content (AvgIpc) is 2.52. The molecule has 0 fully saturated rings. The number of carbonyl (C=O) groups excluding carboxylic acids is 1. The van der Waals surface area contributed by atoms with Gasteiger partial charge in [-0.15, -0.1) is 0 Å². The topological polar surface area (TPSA) is 38.3 Å². The van der Waals surface area contributed by atoms with E-state index in [-0.39, 0.29) is 11.9 Å². The first-order chi connectivity index (χ1) is 11.3. The van der Waals surface area contributed by atoms with Gasteiger partial charge in [-0.05, 0) is 69.9 Å². The molecule has 0 saturated heterocycles. The smallest absolute Gasteiger partial charge is 0.261 e. The van der Waals surface area contributed by atoms with Crippen LogP contribution in [0.5, 0.6) is 5.75 Å². The Balaban J connectivity index is 2.03. The van der Waals surface area contributed by atoms with E-state index in [0.717, 1.165) is 22.4 Å². The van der Waals surface area contributed by atoms with Gasteiger partial charge in [0.15, 0.2) is 6.10 Å². The number of nitrogens with one attached hydrogen (secondary N) is 1. The van der Waals surface area contributed by atoms with E-state index in [1.165, 1.54) is 11.1 Å². The van der Waals surface area contributed by atoms with Gasteiger partial charge in [0.25, 0.3) is 5.91 Å². The predicted octanol–water partition coefficient (Wildman–Crippen LogP) is 4.56. The van der Waals surface area contributed by atoms with Crippen LogP contribution in [0.15, 0.2) is 36.4 Å². The first kappa shape index (κ1) is 18.1. The van der Waals surface area contributed by atoms with Gasteiger partial charge in [0.2, 0.25) is 0 Å². The summed E-state index contributed by atoms with van der Waals surface area (Å²) in [5.74, 6) is 0.666. The van der Waals surface area contributed by atoms with Gasteiger partial charge >= 0.3 is 0 Å². The van der Waals surface area contributed by atoms with Gasteiger partial charge in [0.05, 0.1) is 6.04 Å². The zero-order chi connectivity index (χ0) is 17.9. The molecule has 3 nitrogen and oxygen atoms in total. The maximum Gasteiger partial charge on any atom is 0.261 e. The lowest BCUT2D eigenvalue weighted by Crippen LogP contribution is -2.37. The molecule has 128 valence electrons. The van der Waals surface area contributed by atoms with E-state index >= 15 is 0 Å². The Labute approximate surface area is 145 Å². The molecule has 0 aliphatic heterocycles. The standard InChI is InChI=1S/C21H27NO2/c1-13-7-9-19(10-8-13)17(5)22-21(23)18(6)24-20-12-14(2)11-15(3)16(20)4/h7-12,17-18H,1-6H3,(H,22,23)/t17-,18-/m1/s1. The molecule has 0 spiro atoms. The number of amides is 1. The fraction of sp³-hybridized carbons (Fsp3) is 0.381. The normalized spacial score (nSPS) is 13.2. The number of carbonyl (C=O) groups is 1. The van der Waals surface area contributed by atoms with Crippen molar-refractivity contribution in [3.8, 4) is 5.75 Å². The van der Waals surface area contributed by atoms with Crippen molar-refractivity contribution in [2.24, 2.45) is 0 Å². The van der Waals surface area contributed by atoms with Crippen LogP contribution in [0.3, 0.4) is 0 Å². The molecular formula is C21H27NO2. The fourth-order valence-corrected chi connectivity index (χ4v) is 2.64. The van der Waals surface area contributed by atoms with Gasteiger partial charge in [-0.1, -0.05) is 35.9 Å². The molecule has 2 aromatic carbocycles. The van der Waals surface area contributed by atoms with Crippen molar-refractivity contribution in [2.75, 3.05) is 0 Å². The Morgan fingerprint density at radius 2 is 1.58 bits per heavy atom. The van der Waals surface area contributed by atoms with Crippen molar-refractivity contribution in [3.05, 3.63) is 64.2 Å². The Morgan fingerprint density at radius 1 is 0.958 bits per heavy atom. The number of aryl methyl sites for hydroxylation is 3. The maximum absolute atomic E-state index is 12.4. The number of hydrogen-bond donors (Lipinski definition) is 1. The highest BCUT2D eigenvalue weighted by Gasteiger charge is 2.19. The Morgan fingerprint density at radius 3 is 2.21 bits per heavy atom. The molecule has 0 aliphatic rings. The Hall–Kier alpha value is -2.29. The molecular weight excluding hydrogens is 298 g/mol. The van der Waals surface area contributed by atoms with Gasteiger partial charge in [0, 0.05) is 0 Å². The molecule has 24 heavy (non-hydrogen) atoms. The first-order valence-corrected chi connectivity index (χ1v) is 8.39. The zero-order valence-electron chi connectivity index (χ0n) is 15.4. The van der Waals surface area contributed by atoms with Gasteiger partial charge in [0.1, 0.15) is 5.75 Å². The van der Waals surface area contributed by atoms with Crippen LogP contribution in [-0.2, 0) is 4.79 Å². The van der Waals surface area contributed by atoms with Crippen LogP contribution in [-0.4, -0.2) is 12.0 Å². The maximum atomic E-state index is 12.4. The molecule has 0 unspecified atom stereocenters. The molecule has 0 aliphatic carbocycles. The summed E-state index contributed by atoms with van der Waals surface area (Å²) in [5.41, 5.74) is 5.68. The molecule has 2 atom stereocenters. The summed E-state index contributed by atoms with van der Waals surface area (Å²) in [6.07, 6.45) is -0.544. The van der Waals surface area contributed by atoms with Crippen molar-refractivity contribution in [1.29, 1.82) is 0 Å². The highest BCUT2D eigenvalue weighted by atomic mass is 16.5. The largest absolute Gasteiger partial charge is 0.481 e. The first-order valence-electron chi connectivity index (χ1n) is 8.39. The molecule has 2 aromatic rings. The highest BCUT2D eigenvalue weighted by Crippen LogP contribution is 2.24. The molecule has 0 radical (unpaired) electrons. The van der Waals surface area contributed by atoms with Crippen molar-refractivity contribution < 1.29 is 9.53 Å². The number of rotatable bonds is 5. The third-order valence-corrected chi connectivity index (χ3v) is 4.37. The lowest BCUT2D eigenvalue weighted by molar-refractivity contribution is -0.127. The van der Waals surface area contributed by atoms with Crippen molar-refractivity contribution in [2.45, 2.75) is 53.7 Å². The van der Waals surface area contributed by atoms with Gasteiger partial charge in [-0.25, -0.2) is 0 Å². The van der Waals surface area contributed by atoms with Crippen LogP contribution >= 0.6 is 0 Å². The lowest BCUT2D eigenvalue weighted by Gasteiger charge is -2.20. The molecule has 0 aromatic heterocycles. The van der Waals surface area contributed by atoms with Crippen LogP contribution in [0.25, 0.3) is 0 Å². The Bertz CT molecular complexity index is 719. The average molecular weight is 325 g/mol. The summed E-state index contributed by atoms with van der Waals surface area (Å²) in [6.45, 7) is 11.9. The van der Waals surface area contributed by atoms with Crippen molar-refractivity contribution in [3.63, 3.8) is 0 Å². The summed E-state index contributed by atoms with van der Waals surface area (Å²) in [6, 6.07) is 12.2. The quantitative estimate of drug-likeness (QED) is 0.875. The lowest BCUT2D eigenvalue weighted by atomic mass is 10.1. The molecule has 1 N–H and O–H groups in total. The summed E-state index contributed by atoms with van der Waals surface area (Å²) < 4.78 is 5.91. The molecule has 0 saturated carbocycles. The molecule has 1 amide bonds. The van der Waals surface area contributed by atoms with Gasteiger partial charge in [-0.3, -0.25) is 4.79 Å². The van der Waals surface area contributed by atoms with E-state index < -0.39 is 6.10 Å². The minimum atomic E-state index is -0.544. The van der Waals surface area contributed by atoms with E-state index in [4.69, 9.17) is 4.74 Å². The number of benzene rings is 2. The third kappa shape index (κ3) is 4.38.